The Labute approximate surface area is 168 Å². The fourth-order valence-corrected chi connectivity index (χ4v) is 1.92. The third kappa shape index (κ3) is 9.85. The molecule has 1 amide bonds. The molecule has 1 unspecified atom stereocenters. The molecule has 0 aliphatic carbocycles. The van der Waals surface area contributed by atoms with Crippen molar-refractivity contribution in [1.29, 1.82) is 0 Å². The lowest BCUT2D eigenvalue weighted by atomic mass is 10.2. The summed E-state index contributed by atoms with van der Waals surface area (Å²) in [6.07, 6.45) is 0.0905. The molecule has 29 heavy (non-hydrogen) atoms. The lowest BCUT2D eigenvalue weighted by molar-refractivity contribution is -0.492. The van der Waals surface area contributed by atoms with E-state index >= 15 is 0 Å². The molecule has 1 rings (SSSR count). The zero-order valence-corrected chi connectivity index (χ0v) is 16.7. The van der Waals surface area contributed by atoms with Gasteiger partial charge in [0.15, 0.2) is 11.5 Å². The van der Waals surface area contributed by atoms with Gasteiger partial charge in [0.2, 0.25) is 0 Å². The van der Waals surface area contributed by atoms with Gasteiger partial charge in [0.1, 0.15) is 17.9 Å². The van der Waals surface area contributed by atoms with Crippen LogP contribution in [0.4, 0.5) is 4.79 Å². The van der Waals surface area contributed by atoms with Crippen LogP contribution in [0.3, 0.4) is 0 Å². The van der Waals surface area contributed by atoms with Crippen molar-refractivity contribution in [2.24, 2.45) is 0 Å². The first-order valence-electron chi connectivity index (χ1n) is 8.76. The molecular formula is C18H26N2O9. The highest BCUT2D eigenvalue weighted by Gasteiger charge is 2.23. The quantitative estimate of drug-likeness (QED) is 0.171. The van der Waals surface area contributed by atoms with Crippen molar-refractivity contribution in [3.05, 3.63) is 23.8 Å². The highest BCUT2D eigenvalue weighted by molar-refractivity contribution is 5.84. The molecule has 0 aliphatic heterocycles. The molecule has 0 aliphatic rings. The van der Waals surface area contributed by atoms with Crippen molar-refractivity contribution in [2.45, 2.75) is 45.8 Å². The summed E-state index contributed by atoms with van der Waals surface area (Å²) in [7, 11) is 0. The highest BCUT2D eigenvalue weighted by atomic mass is 17.1. The Morgan fingerprint density at radius 1 is 1.21 bits per heavy atom. The fourth-order valence-electron chi connectivity index (χ4n) is 1.92. The minimum atomic E-state index is -1.02. The molecular weight excluding hydrogens is 388 g/mol. The number of carbonyl (C=O) groups excluding carboxylic acids is 3. The second kappa shape index (κ2) is 11.3. The first-order valence-corrected chi connectivity index (χ1v) is 8.76. The van der Waals surface area contributed by atoms with Gasteiger partial charge in [0.25, 0.3) is 0 Å². The molecule has 1 aromatic carbocycles. The van der Waals surface area contributed by atoms with Crippen LogP contribution in [0.25, 0.3) is 0 Å². The number of rotatable bonds is 10. The van der Waals surface area contributed by atoms with Gasteiger partial charge < -0.3 is 19.5 Å². The maximum Gasteiger partial charge on any atom is 0.408 e. The first-order chi connectivity index (χ1) is 13.5. The molecule has 1 atom stereocenters. The normalized spacial score (nSPS) is 12.2. The molecule has 3 N–H and O–H groups in total. The van der Waals surface area contributed by atoms with E-state index in [0.29, 0.717) is 6.29 Å². The van der Waals surface area contributed by atoms with Gasteiger partial charge in [-0.2, -0.15) is 0 Å². The van der Waals surface area contributed by atoms with Crippen molar-refractivity contribution in [3.8, 4) is 11.5 Å². The van der Waals surface area contributed by atoms with Gasteiger partial charge in [-0.1, -0.05) is 0 Å². The second-order valence-electron chi connectivity index (χ2n) is 6.90. The van der Waals surface area contributed by atoms with Crippen LogP contribution in [-0.2, 0) is 14.4 Å². The topological polar surface area (TPSA) is 144 Å². The number of alkyl carbamates (subject to hydrolysis) is 1. The summed E-state index contributed by atoms with van der Waals surface area (Å²) >= 11 is 0. The van der Waals surface area contributed by atoms with E-state index < -0.39 is 29.1 Å². The predicted molar refractivity (Wildman–Crippen MR) is 97.8 cm³/mol. The van der Waals surface area contributed by atoms with E-state index in [4.69, 9.17) is 24.6 Å². The monoisotopic (exact) mass is 414 g/mol. The summed E-state index contributed by atoms with van der Waals surface area (Å²) < 4.78 is 15.8. The molecule has 0 bridgehead atoms. The van der Waals surface area contributed by atoms with Crippen molar-refractivity contribution in [2.75, 3.05) is 13.2 Å². The molecule has 0 spiro atoms. The number of amides is 1. The minimum absolute atomic E-state index is 0.00991. The van der Waals surface area contributed by atoms with Crippen LogP contribution in [0.2, 0.25) is 0 Å². The van der Waals surface area contributed by atoms with Crippen molar-refractivity contribution < 1.29 is 43.8 Å². The Hall–Kier alpha value is -2.73. The third-order valence-corrected chi connectivity index (χ3v) is 3.15. The fraction of sp³-hybridized carbons (Fsp3) is 0.500. The number of hydrogen-bond donors (Lipinski definition) is 3. The van der Waals surface area contributed by atoms with E-state index in [1.165, 1.54) is 25.1 Å². The summed E-state index contributed by atoms with van der Waals surface area (Å²) in [5.41, 5.74) is -0.466. The van der Waals surface area contributed by atoms with Crippen LogP contribution < -0.4 is 14.8 Å². The first kappa shape index (κ1) is 24.3. The molecule has 11 heteroatoms. The van der Waals surface area contributed by atoms with Crippen LogP contribution in [0.15, 0.2) is 18.2 Å². The van der Waals surface area contributed by atoms with Gasteiger partial charge in [-0.3, -0.25) is 20.0 Å². The van der Waals surface area contributed by atoms with E-state index in [9.17, 15) is 14.4 Å². The number of nitrogens with zero attached hydrogens (tertiary/aromatic N) is 1. The number of ether oxygens (including phenoxy) is 3. The van der Waals surface area contributed by atoms with E-state index in [1.54, 1.807) is 20.8 Å². The van der Waals surface area contributed by atoms with Crippen molar-refractivity contribution >= 4 is 18.3 Å². The van der Waals surface area contributed by atoms with Crippen LogP contribution in [0.1, 0.15) is 44.5 Å². The van der Waals surface area contributed by atoms with Crippen molar-refractivity contribution in [3.63, 3.8) is 0 Å². The van der Waals surface area contributed by atoms with Crippen molar-refractivity contribution in [1.82, 2.24) is 10.7 Å². The Balaban J connectivity index is 2.72. The molecule has 0 radical (unpaired) electrons. The Morgan fingerprint density at radius 3 is 2.48 bits per heavy atom. The predicted octanol–water partition coefficient (Wildman–Crippen LogP) is 2.10. The molecule has 1 aromatic rings. The van der Waals surface area contributed by atoms with E-state index in [0.717, 1.165) is 0 Å². The van der Waals surface area contributed by atoms with E-state index in [2.05, 4.69) is 10.2 Å². The van der Waals surface area contributed by atoms with Gasteiger partial charge in [-0.15, -0.1) is 0 Å². The maximum atomic E-state index is 12.3. The summed E-state index contributed by atoms with van der Waals surface area (Å²) in [6.45, 7) is 6.55. The lowest BCUT2D eigenvalue weighted by Gasteiger charge is -2.21. The van der Waals surface area contributed by atoms with Gasteiger partial charge in [0.05, 0.1) is 18.6 Å². The largest absolute Gasteiger partial charge is 0.490 e. The molecule has 0 saturated heterocycles. The Bertz CT molecular complexity index is 701. The van der Waals surface area contributed by atoms with Gasteiger partial charge in [0, 0.05) is 12.0 Å². The number of nitrogens with one attached hydrogen (secondary N) is 1. The summed E-state index contributed by atoms with van der Waals surface area (Å²) in [6, 6.07) is 3.22. The SMILES string of the molecule is CC(NC(=O)OC(C)(C)C)C(=O)Oc1cc(C=O)ccc1OCCCON(O)O. The minimum Gasteiger partial charge on any atom is -0.490 e. The Morgan fingerprint density at radius 2 is 1.90 bits per heavy atom. The van der Waals surface area contributed by atoms with Gasteiger partial charge in [-0.05, 0) is 45.9 Å². The molecule has 162 valence electrons. The zero-order valence-electron chi connectivity index (χ0n) is 16.7. The molecule has 0 fully saturated rings. The lowest BCUT2D eigenvalue weighted by Crippen LogP contribution is -2.43. The molecule has 0 aromatic heterocycles. The molecule has 11 nitrogen and oxygen atoms in total. The van der Waals surface area contributed by atoms with Gasteiger partial charge in [-0.25, -0.2) is 9.59 Å². The van der Waals surface area contributed by atoms with E-state index in [-0.39, 0.29) is 36.7 Å². The van der Waals surface area contributed by atoms with Gasteiger partial charge >= 0.3 is 12.1 Å². The summed E-state index contributed by atoms with van der Waals surface area (Å²) in [4.78, 5) is 39.5. The number of esters is 1. The maximum absolute atomic E-state index is 12.3. The van der Waals surface area contributed by atoms with Crippen LogP contribution >= 0.6 is 0 Å². The molecule has 0 saturated carbocycles. The number of carbonyl (C=O) groups is 3. The van der Waals surface area contributed by atoms with Crippen LogP contribution in [0, 0.1) is 0 Å². The standard InChI is InChI=1S/C18H26N2O9/c1-12(19-17(23)29-18(2,3)4)16(22)28-15-10-13(11-21)6-7-14(15)26-8-5-9-27-20(24)25/h6-7,10-12,24-25H,5,8-9H2,1-4H3,(H,19,23). The highest BCUT2D eigenvalue weighted by Crippen LogP contribution is 2.28. The zero-order chi connectivity index (χ0) is 22.0. The second-order valence-corrected chi connectivity index (χ2v) is 6.90. The number of aldehydes is 1. The smallest absolute Gasteiger partial charge is 0.408 e. The average Bonchev–Trinajstić information content (AvgIpc) is 2.60. The summed E-state index contributed by atoms with van der Waals surface area (Å²) in [5.74, 6) is -0.620. The molecule has 0 heterocycles. The van der Waals surface area contributed by atoms with Crippen LogP contribution in [0.5, 0.6) is 11.5 Å². The van der Waals surface area contributed by atoms with E-state index in [1.807, 2.05) is 0 Å². The summed E-state index contributed by atoms with van der Waals surface area (Å²) in [5, 5.41) is 18.8. The average molecular weight is 414 g/mol. The third-order valence-electron chi connectivity index (χ3n) is 3.15. The number of hydrogen-bond acceptors (Lipinski definition) is 10. The number of benzene rings is 1. The Kier molecular flexibility index (Phi) is 9.48. The van der Waals surface area contributed by atoms with Crippen LogP contribution in [-0.4, -0.2) is 59.0 Å².